The maximum atomic E-state index is 12.7. The van der Waals surface area contributed by atoms with Crippen LogP contribution in [0.2, 0.25) is 0 Å². The first-order valence-electron chi connectivity index (χ1n) is 8.79. The number of carbonyl (C=O) groups is 1. The molecule has 0 bridgehead atoms. The Morgan fingerprint density at radius 2 is 1.32 bits per heavy atom. The van der Waals surface area contributed by atoms with Crippen molar-refractivity contribution in [3.8, 4) is 17.2 Å². The van der Waals surface area contributed by atoms with Gasteiger partial charge in [0.05, 0.1) is 5.56 Å². The van der Waals surface area contributed by atoms with Crippen molar-refractivity contribution in [2.45, 2.75) is 12.8 Å². The van der Waals surface area contributed by atoms with E-state index in [1.165, 1.54) is 14.2 Å². The smallest absolute Gasteiger partial charge is 0.188 e. The summed E-state index contributed by atoms with van der Waals surface area (Å²) in [7, 11) is 4.63. The monoisotopic (exact) mass is 390 g/mol. The van der Waals surface area contributed by atoms with Gasteiger partial charge >= 0.3 is 0 Å². The summed E-state index contributed by atoms with van der Waals surface area (Å²) >= 11 is 0. The van der Waals surface area contributed by atoms with Crippen LogP contribution in [-0.2, 0) is 20.6 Å². The fourth-order valence-electron chi connectivity index (χ4n) is 2.46. The van der Waals surface area contributed by atoms with Gasteiger partial charge in [0, 0.05) is 33.8 Å². The molecule has 7 nitrogen and oxygen atoms in total. The number of ether oxygens (including phenoxy) is 6. The first-order valence-corrected chi connectivity index (χ1v) is 8.79. The average Bonchev–Trinajstić information content (AvgIpc) is 2.73. The van der Waals surface area contributed by atoms with E-state index in [2.05, 4.69) is 0 Å². The van der Waals surface area contributed by atoms with E-state index in [-0.39, 0.29) is 26.2 Å². The topological polar surface area (TPSA) is 72.5 Å². The number of hydrogen-bond acceptors (Lipinski definition) is 7. The van der Waals surface area contributed by atoms with Crippen LogP contribution < -0.4 is 14.2 Å². The molecule has 0 aromatic heterocycles. The molecule has 0 aliphatic rings. The van der Waals surface area contributed by atoms with Crippen molar-refractivity contribution in [1.82, 2.24) is 0 Å². The summed E-state index contributed by atoms with van der Waals surface area (Å²) in [5.41, 5.74) is 1.53. The first-order chi connectivity index (χ1) is 13.7. The molecule has 0 radical (unpaired) electrons. The highest BCUT2D eigenvalue weighted by Gasteiger charge is 2.14. The molecule has 0 spiro atoms. The molecular weight excluding hydrogens is 364 g/mol. The normalized spacial score (nSPS) is 10.5. The van der Waals surface area contributed by atoms with Gasteiger partial charge in [0.15, 0.2) is 26.2 Å². The molecule has 0 saturated heterocycles. The molecule has 0 N–H and O–H groups in total. The Morgan fingerprint density at radius 3 is 1.96 bits per heavy atom. The van der Waals surface area contributed by atoms with E-state index in [1.807, 2.05) is 24.3 Å². The highest BCUT2D eigenvalue weighted by atomic mass is 16.7. The van der Waals surface area contributed by atoms with Crippen molar-refractivity contribution in [2.24, 2.45) is 0 Å². The third-order valence-corrected chi connectivity index (χ3v) is 3.84. The second kappa shape index (κ2) is 12.0. The van der Waals surface area contributed by atoms with E-state index in [1.54, 1.807) is 25.3 Å². The van der Waals surface area contributed by atoms with Crippen LogP contribution in [0.1, 0.15) is 22.3 Å². The zero-order valence-corrected chi connectivity index (χ0v) is 16.4. The Kier molecular flexibility index (Phi) is 9.27. The fraction of sp³-hybridized carbons (Fsp3) is 0.381. The number of benzene rings is 2. The minimum atomic E-state index is -0.0240. The number of hydrogen-bond donors (Lipinski definition) is 0. The van der Waals surface area contributed by atoms with Crippen LogP contribution in [-0.4, -0.2) is 47.5 Å². The lowest BCUT2D eigenvalue weighted by Gasteiger charge is -2.13. The van der Waals surface area contributed by atoms with Crippen LogP contribution in [0.3, 0.4) is 0 Å². The molecule has 0 atom stereocenters. The molecular formula is C21H26O7. The highest BCUT2D eigenvalue weighted by Crippen LogP contribution is 2.27. The van der Waals surface area contributed by atoms with Crippen LogP contribution in [0, 0.1) is 0 Å². The summed E-state index contributed by atoms with van der Waals surface area (Å²) in [6.07, 6.45) is 0.953. The van der Waals surface area contributed by atoms with E-state index in [0.717, 1.165) is 11.3 Å². The summed E-state index contributed by atoms with van der Waals surface area (Å²) in [6.45, 7) is 0.351. The summed E-state index contributed by atoms with van der Waals surface area (Å²) in [5.74, 6) is 1.67. The maximum Gasteiger partial charge on any atom is 0.188 e. The van der Waals surface area contributed by atoms with Gasteiger partial charge in [-0.2, -0.15) is 0 Å². The van der Waals surface area contributed by atoms with Crippen molar-refractivity contribution < 1.29 is 33.2 Å². The standard InChI is InChI=1S/C21H26O7/c1-23-13-26-17-7-4-16(5-8-17)6-11-20(22)19-10-9-18(27-14-24-2)12-21(19)28-15-25-3/h4-5,7-10,12H,6,11,13-15H2,1-3H3. The first kappa shape index (κ1) is 21.7. The molecule has 2 rings (SSSR count). The summed E-state index contributed by atoms with van der Waals surface area (Å²) in [5, 5.41) is 0. The molecule has 2 aromatic rings. The summed E-state index contributed by atoms with van der Waals surface area (Å²) < 4.78 is 31.0. The lowest BCUT2D eigenvalue weighted by Crippen LogP contribution is -2.08. The van der Waals surface area contributed by atoms with Gasteiger partial charge in [0.25, 0.3) is 0 Å². The Bertz CT molecular complexity index is 728. The number of methoxy groups -OCH3 is 3. The van der Waals surface area contributed by atoms with Crippen molar-refractivity contribution in [3.63, 3.8) is 0 Å². The van der Waals surface area contributed by atoms with Crippen LogP contribution in [0.25, 0.3) is 0 Å². The van der Waals surface area contributed by atoms with Crippen LogP contribution in [0.15, 0.2) is 42.5 Å². The zero-order valence-electron chi connectivity index (χ0n) is 16.4. The highest BCUT2D eigenvalue weighted by molar-refractivity contribution is 5.99. The third kappa shape index (κ3) is 6.84. The fourth-order valence-corrected chi connectivity index (χ4v) is 2.46. The molecule has 2 aromatic carbocycles. The minimum absolute atomic E-state index is 0.0240. The lowest BCUT2D eigenvalue weighted by molar-refractivity contribution is 0.0455. The molecule has 152 valence electrons. The molecule has 0 amide bonds. The molecule has 0 saturated carbocycles. The van der Waals surface area contributed by atoms with E-state index >= 15 is 0 Å². The molecule has 0 heterocycles. The lowest BCUT2D eigenvalue weighted by atomic mass is 10.0. The number of Topliss-reactive ketones (excluding diaryl/α,β-unsaturated/α-hetero) is 1. The quantitative estimate of drug-likeness (QED) is 0.383. The summed E-state index contributed by atoms with van der Waals surface area (Å²) in [4.78, 5) is 12.7. The van der Waals surface area contributed by atoms with Gasteiger partial charge in [-0.05, 0) is 36.2 Å². The maximum absolute atomic E-state index is 12.7. The van der Waals surface area contributed by atoms with Crippen LogP contribution >= 0.6 is 0 Å². The average molecular weight is 390 g/mol. The Hall–Kier alpha value is -2.61. The van der Waals surface area contributed by atoms with Crippen molar-refractivity contribution in [3.05, 3.63) is 53.6 Å². The largest absolute Gasteiger partial charge is 0.468 e. The Morgan fingerprint density at radius 1 is 0.750 bits per heavy atom. The van der Waals surface area contributed by atoms with E-state index in [4.69, 9.17) is 28.4 Å². The van der Waals surface area contributed by atoms with E-state index in [9.17, 15) is 4.79 Å². The second-order valence-corrected chi connectivity index (χ2v) is 5.88. The van der Waals surface area contributed by atoms with Gasteiger partial charge < -0.3 is 28.4 Å². The number of aryl methyl sites for hydroxylation is 1. The van der Waals surface area contributed by atoms with Gasteiger partial charge in [0.2, 0.25) is 0 Å². The number of ketones is 1. The third-order valence-electron chi connectivity index (χ3n) is 3.84. The predicted octanol–water partition coefficient (Wildman–Crippen LogP) is 3.45. The van der Waals surface area contributed by atoms with Gasteiger partial charge in [0.1, 0.15) is 17.2 Å². The number of carbonyl (C=O) groups excluding carboxylic acids is 1. The van der Waals surface area contributed by atoms with E-state index < -0.39 is 0 Å². The van der Waals surface area contributed by atoms with Crippen molar-refractivity contribution in [2.75, 3.05) is 41.7 Å². The zero-order chi connectivity index (χ0) is 20.2. The predicted molar refractivity (Wildman–Crippen MR) is 103 cm³/mol. The van der Waals surface area contributed by atoms with Gasteiger partial charge in [-0.3, -0.25) is 4.79 Å². The second-order valence-electron chi connectivity index (χ2n) is 5.88. The SMILES string of the molecule is COCOc1ccc(CCC(=O)c2ccc(OCOC)cc2OCOC)cc1. The van der Waals surface area contributed by atoms with Crippen LogP contribution in [0.5, 0.6) is 17.2 Å². The molecule has 0 unspecified atom stereocenters. The van der Waals surface area contributed by atoms with Gasteiger partial charge in [-0.1, -0.05) is 12.1 Å². The summed E-state index contributed by atoms with van der Waals surface area (Å²) in [6, 6.07) is 12.6. The van der Waals surface area contributed by atoms with Crippen LogP contribution in [0.4, 0.5) is 0 Å². The Labute approximate surface area is 165 Å². The minimum Gasteiger partial charge on any atom is -0.468 e. The molecule has 7 heteroatoms. The van der Waals surface area contributed by atoms with Crippen molar-refractivity contribution in [1.29, 1.82) is 0 Å². The van der Waals surface area contributed by atoms with Gasteiger partial charge in [-0.25, -0.2) is 0 Å². The number of rotatable bonds is 13. The molecule has 0 aliphatic carbocycles. The van der Waals surface area contributed by atoms with E-state index in [0.29, 0.717) is 29.9 Å². The van der Waals surface area contributed by atoms with Crippen molar-refractivity contribution >= 4 is 5.78 Å². The molecule has 0 aliphatic heterocycles. The molecule has 0 fully saturated rings. The Balaban J connectivity index is 2.01. The van der Waals surface area contributed by atoms with Gasteiger partial charge in [-0.15, -0.1) is 0 Å². The molecule has 28 heavy (non-hydrogen) atoms.